The molecule has 0 saturated carbocycles. The molecule has 0 amide bonds. The Morgan fingerprint density at radius 2 is 1.44 bits per heavy atom. The fourth-order valence-electron chi connectivity index (χ4n) is 2.53. The highest BCUT2D eigenvalue weighted by molar-refractivity contribution is 5.64. The number of halogens is 2. The van der Waals surface area contributed by atoms with Crippen molar-refractivity contribution in [3.63, 3.8) is 0 Å². The molecule has 1 heterocycles. The fourth-order valence-corrected chi connectivity index (χ4v) is 2.53. The van der Waals surface area contributed by atoms with Crippen LogP contribution >= 0.6 is 0 Å². The van der Waals surface area contributed by atoms with E-state index in [1.807, 2.05) is 24.3 Å². The number of pyridine rings is 1. The minimum Gasteiger partial charge on any atom is -0.224 e. The Morgan fingerprint density at radius 1 is 0.840 bits per heavy atom. The van der Waals surface area contributed by atoms with Gasteiger partial charge in [-0.1, -0.05) is 61.6 Å². The summed E-state index contributed by atoms with van der Waals surface area (Å²) in [6, 6.07) is 17.4. The van der Waals surface area contributed by atoms with Crippen LogP contribution in [0.3, 0.4) is 0 Å². The van der Waals surface area contributed by atoms with Crippen LogP contribution in [-0.4, -0.2) is 4.98 Å². The molecule has 124 valence electrons. The first-order valence-electron chi connectivity index (χ1n) is 8.18. The second-order valence-electron chi connectivity index (χ2n) is 5.77. The third kappa shape index (κ3) is 4.30. The van der Waals surface area contributed by atoms with Crippen molar-refractivity contribution in [1.82, 2.24) is 4.98 Å². The summed E-state index contributed by atoms with van der Waals surface area (Å²) in [6.45, 7) is 2.17. The number of aromatic nitrogens is 1. The average molecular weight is 333 g/mol. The lowest BCUT2D eigenvalue weighted by Crippen LogP contribution is -1.90. The molecule has 0 atom stereocenters. The molecule has 1 nitrogen and oxygen atoms in total. The van der Waals surface area contributed by atoms with Gasteiger partial charge in [0.1, 0.15) is 0 Å². The molecule has 3 aromatic rings. The second kappa shape index (κ2) is 7.72. The highest BCUT2D eigenvalue weighted by Gasteiger charge is 2.02. The largest absolute Gasteiger partial charge is 0.248 e. The third-order valence-corrected chi connectivity index (χ3v) is 3.86. The maximum Gasteiger partial charge on any atom is 0.248 e. The van der Waals surface area contributed by atoms with Crippen LogP contribution in [-0.2, 0) is 6.42 Å². The van der Waals surface area contributed by atoms with Crippen LogP contribution < -0.4 is 0 Å². The summed E-state index contributed by atoms with van der Waals surface area (Å²) in [5.74, 6) is 3.62. The lowest BCUT2D eigenvalue weighted by molar-refractivity contribution is 0.479. The zero-order valence-corrected chi connectivity index (χ0v) is 13.9. The molecule has 0 spiro atoms. The lowest BCUT2D eigenvalue weighted by atomic mass is 10.0. The van der Waals surface area contributed by atoms with Gasteiger partial charge < -0.3 is 0 Å². The van der Waals surface area contributed by atoms with Crippen LogP contribution in [0.2, 0.25) is 0 Å². The molecule has 0 N–H and O–H groups in total. The Kier molecular flexibility index (Phi) is 5.20. The van der Waals surface area contributed by atoms with Crippen molar-refractivity contribution in [1.29, 1.82) is 0 Å². The van der Waals surface area contributed by atoms with E-state index in [2.05, 4.69) is 48.0 Å². The zero-order chi connectivity index (χ0) is 17.6. The summed E-state index contributed by atoms with van der Waals surface area (Å²) in [7, 11) is 0. The minimum absolute atomic E-state index is 0.342. The molecule has 1 aromatic heterocycles. The first-order chi connectivity index (χ1) is 12.2. The SMILES string of the molecule is CCCc1ccc(-c2ccc(C#Cc3cnc(F)c(F)c3)cc2)cc1. The van der Waals surface area contributed by atoms with E-state index in [9.17, 15) is 8.78 Å². The van der Waals surface area contributed by atoms with Crippen molar-refractivity contribution >= 4 is 0 Å². The monoisotopic (exact) mass is 333 g/mol. The van der Waals surface area contributed by atoms with Gasteiger partial charge in [0.2, 0.25) is 5.95 Å². The maximum atomic E-state index is 13.1. The first kappa shape index (κ1) is 16.9. The van der Waals surface area contributed by atoms with Crippen LogP contribution in [0.1, 0.15) is 30.0 Å². The summed E-state index contributed by atoms with van der Waals surface area (Å²) in [6.07, 6.45) is 3.45. The fraction of sp³-hybridized carbons (Fsp3) is 0.136. The molecule has 25 heavy (non-hydrogen) atoms. The molecule has 0 radical (unpaired) electrons. The number of hydrogen-bond donors (Lipinski definition) is 0. The number of hydrogen-bond acceptors (Lipinski definition) is 1. The van der Waals surface area contributed by atoms with E-state index in [1.54, 1.807) is 0 Å². The van der Waals surface area contributed by atoms with Crippen LogP contribution in [0.15, 0.2) is 60.8 Å². The summed E-state index contributed by atoms with van der Waals surface area (Å²) in [5.41, 5.74) is 4.76. The molecule has 2 aromatic carbocycles. The average Bonchev–Trinajstić information content (AvgIpc) is 2.64. The highest BCUT2D eigenvalue weighted by atomic mass is 19.2. The zero-order valence-electron chi connectivity index (χ0n) is 13.9. The number of aryl methyl sites for hydroxylation is 1. The maximum absolute atomic E-state index is 13.1. The molecule has 0 bridgehead atoms. The smallest absolute Gasteiger partial charge is 0.224 e. The van der Waals surface area contributed by atoms with Crippen molar-refractivity contribution in [2.75, 3.05) is 0 Å². The van der Waals surface area contributed by atoms with Crippen LogP contribution in [0, 0.1) is 23.6 Å². The Hall–Kier alpha value is -2.99. The van der Waals surface area contributed by atoms with E-state index >= 15 is 0 Å². The molecular formula is C22H17F2N. The minimum atomic E-state index is -1.11. The Balaban J connectivity index is 1.76. The molecule has 3 rings (SSSR count). The topological polar surface area (TPSA) is 12.9 Å². The Morgan fingerprint density at radius 3 is 2.04 bits per heavy atom. The van der Waals surface area contributed by atoms with E-state index < -0.39 is 11.8 Å². The second-order valence-corrected chi connectivity index (χ2v) is 5.77. The number of nitrogens with zero attached hydrogens (tertiary/aromatic N) is 1. The van der Waals surface area contributed by atoms with Crippen molar-refractivity contribution in [3.05, 3.63) is 89.2 Å². The van der Waals surface area contributed by atoms with Crippen LogP contribution in [0.4, 0.5) is 8.78 Å². The van der Waals surface area contributed by atoms with Gasteiger partial charge >= 0.3 is 0 Å². The summed E-state index contributed by atoms with van der Waals surface area (Å²) >= 11 is 0. The summed E-state index contributed by atoms with van der Waals surface area (Å²) < 4.78 is 25.9. The van der Waals surface area contributed by atoms with Crippen molar-refractivity contribution in [2.24, 2.45) is 0 Å². The molecule has 0 aliphatic carbocycles. The van der Waals surface area contributed by atoms with E-state index in [4.69, 9.17) is 0 Å². The number of benzene rings is 2. The Bertz CT molecular complexity index is 917. The van der Waals surface area contributed by atoms with Crippen molar-refractivity contribution in [3.8, 4) is 23.0 Å². The number of rotatable bonds is 3. The van der Waals surface area contributed by atoms with Crippen molar-refractivity contribution in [2.45, 2.75) is 19.8 Å². The highest BCUT2D eigenvalue weighted by Crippen LogP contribution is 2.20. The summed E-state index contributed by atoms with van der Waals surface area (Å²) in [4.78, 5) is 3.32. The molecular weight excluding hydrogens is 316 g/mol. The van der Waals surface area contributed by atoms with E-state index in [0.717, 1.165) is 35.6 Å². The van der Waals surface area contributed by atoms with Gasteiger partial charge in [0.25, 0.3) is 0 Å². The van der Waals surface area contributed by atoms with E-state index in [1.165, 1.54) is 11.8 Å². The van der Waals surface area contributed by atoms with Gasteiger partial charge in [-0.15, -0.1) is 0 Å². The molecule has 0 saturated heterocycles. The van der Waals surface area contributed by atoms with Gasteiger partial charge in [-0.3, -0.25) is 0 Å². The van der Waals surface area contributed by atoms with E-state index in [0.29, 0.717) is 5.56 Å². The van der Waals surface area contributed by atoms with Gasteiger partial charge in [0, 0.05) is 17.3 Å². The quantitative estimate of drug-likeness (QED) is 0.463. The van der Waals surface area contributed by atoms with Crippen molar-refractivity contribution < 1.29 is 8.78 Å². The van der Waals surface area contributed by atoms with Crippen LogP contribution in [0.5, 0.6) is 0 Å². The Labute approximate surface area is 146 Å². The van der Waals surface area contributed by atoms with Gasteiger partial charge in [0.05, 0.1) is 0 Å². The first-order valence-corrected chi connectivity index (χ1v) is 8.18. The third-order valence-electron chi connectivity index (χ3n) is 3.86. The standard InChI is InChI=1S/C22H17F2N/c1-2-3-16-6-10-19(11-7-16)20-12-8-17(9-13-20)4-5-18-14-21(23)22(24)25-15-18/h6-15H,2-3H2,1H3. The molecule has 3 heteroatoms. The predicted molar refractivity (Wildman–Crippen MR) is 96.0 cm³/mol. The molecule has 0 aliphatic heterocycles. The van der Waals surface area contributed by atoms with E-state index in [-0.39, 0.29) is 0 Å². The predicted octanol–water partition coefficient (Wildman–Crippen LogP) is 5.38. The van der Waals surface area contributed by atoms with Gasteiger partial charge in [-0.25, -0.2) is 9.37 Å². The normalized spacial score (nSPS) is 10.2. The van der Waals surface area contributed by atoms with Gasteiger partial charge in [-0.05, 0) is 41.3 Å². The van der Waals surface area contributed by atoms with Crippen LogP contribution in [0.25, 0.3) is 11.1 Å². The van der Waals surface area contributed by atoms with Gasteiger partial charge in [-0.2, -0.15) is 4.39 Å². The summed E-state index contributed by atoms with van der Waals surface area (Å²) in [5, 5.41) is 0. The molecule has 0 aliphatic rings. The van der Waals surface area contributed by atoms with Gasteiger partial charge in [0.15, 0.2) is 5.82 Å². The molecule has 0 unspecified atom stereocenters. The molecule has 0 fully saturated rings. The lowest BCUT2D eigenvalue weighted by Gasteiger charge is -2.04.